The van der Waals surface area contributed by atoms with Crippen molar-refractivity contribution < 1.29 is 14.6 Å². The third kappa shape index (κ3) is 4.08. The van der Waals surface area contributed by atoms with Crippen LogP contribution in [0.4, 0.5) is 0 Å². The van der Waals surface area contributed by atoms with Gasteiger partial charge in [0, 0.05) is 19.2 Å². The van der Waals surface area contributed by atoms with E-state index in [4.69, 9.17) is 9.84 Å². The normalized spacial score (nSPS) is 23.3. The summed E-state index contributed by atoms with van der Waals surface area (Å²) in [6.07, 6.45) is 2.05. The first-order valence-electron chi connectivity index (χ1n) is 5.80. The molecule has 0 saturated carbocycles. The van der Waals surface area contributed by atoms with E-state index in [1.165, 1.54) is 0 Å². The quantitative estimate of drug-likeness (QED) is 0.651. The van der Waals surface area contributed by atoms with Crippen LogP contribution in [0.3, 0.4) is 0 Å². The number of rotatable bonds is 6. The van der Waals surface area contributed by atoms with E-state index in [2.05, 4.69) is 5.32 Å². The van der Waals surface area contributed by atoms with Crippen LogP contribution in [0.1, 0.15) is 19.8 Å². The standard InChI is InChI=1S/C11H22N2O3/c1-9(8-16-2)12-11(15)6-13-5-3-4-10(13)7-14/h9-10,14H,3-8H2,1-2H3,(H,12,15)/t9?,10-/m0/s1. The third-order valence-corrected chi connectivity index (χ3v) is 2.88. The van der Waals surface area contributed by atoms with Gasteiger partial charge in [-0.15, -0.1) is 0 Å². The number of nitrogens with zero attached hydrogens (tertiary/aromatic N) is 1. The van der Waals surface area contributed by atoms with Crippen LogP contribution in [0.2, 0.25) is 0 Å². The van der Waals surface area contributed by atoms with Crippen molar-refractivity contribution in [2.24, 2.45) is 0 Å². The van der Waals surface area contributed by atoms with Crippen LogP contribution < -0.4 is 5.32 Å². The largest absolute Gasteiger partial charge is 0.395 e. The summed E-state index contributed by atoms with van der Waals surface area (Å²) >= 11 is 0. The molecule has 1 aliphatic heterocycles. The Kier molecular flexibility index (Phi) is 5.73. The molecule has 1 saturated heterocycles. The highest BCUT2D eigenvalue weighted by Gasteiger charge is 2.25. The molecule has 16 heavy (non-hydrogen) atoms. The molecule has 0 aliphatic carbocycles. The van der Waals surface area contributed by atoms with Gasteiger partial charge in [0.05, 0.1) is 19.8 Å². The molecule has 0 aromatic carbocycles. The van der Waals surface area contributed by atoms with Crippen LogP contribution in [0.25, 0.3) is 0 Å². The van der Waals surface area contributed by atoms with Crippen LogP contribution in [0, 0.1) is 0 Å². The van der Waals surface area contributed by atoms with Gasteiger partial charge in [0.2, 0.25) is 5.91 Å². The lowest BCUT2D eigenvalue weighted by atomic mass is 10.2. The van der Waals surface area contributed by atoms with Crippen molar-refractivity contribution in [3.8, 4) is 0 Å². The number of aliphatic hydroxyl groups is 1. The molecule has 1 amide bonds. The zero-order chi connectivity index (χ0) is 12.0. The number of ether oxygens (including phenoxy) is 1. The fourth-order valence-electron chi connectivity index (χ4n) is 2.11. The number of hydrogen-bond acceptors (Lipinski definition) is 4. The summed E-state index contributed by atoms with van der Waals surface area (Å²) < 4.78 is 4.95. The van der Waals surface area contributed by atoms with E-state index in [1.54, 1.807) is 7.11 Å². The minimum Gasteiger partial charge on any atom is -0.395 e. The van der Waals surface area contributed by atoms with E-state index in [9.17, 15) is 4.79 Å². The van der Waals surface area contributed by atoms with E-state index in [1.807, 2.05) is 11.8 Å². The van der Waals surface area contributed by atoms with Gasteiger partial charge in [-0.1, -0.05) is 0 Å². The molecule has 0 aromatic heterocycles. The van der Waals surface area contributed by atoms with Gasteiger partial charge in [-0.2, -0.15) is 0 Å². The molecule has 1 fully saturated rings. The fraction of sp³-hybridized carbons (Fsp3) is 0.909. The first-order chi connectivity index (χ1) is 7.67. The van der Waals surface area contributed by atoms with Crippen molar-refractivity contribution in [2.75, 3.05) is 33.4 Å². The summed E-state index contributed by atoms with van der Waals surface area (Å²) in [5.74, 6) is 0.00454. The maximum Gasteiger partial charge on any atom is 0.234 e. The molecular formula is C11H22N2O3. The average Bonchev–Trinajstić information content (AvgIpc) is 2.65. The van der Waals surface area contributed by atoms with Crippen molar-refractivity contribution in [1.82, 2.24) is 10.2 Å². The molecule has 1 aliphatic rings. The maximum absolute atomic E-state index is 11.7. The van der Waals surface area contributed by atoms with Gasteiger partial charge in [-0.05, 0) is 26.3 Å². The van der Waals surface area contributed by atoms with E-state index in [0.717, 1.165) is 19.4 Å². The van der Waals surface area contributed by atoms with Crippen LogP contribution in [-0.4, -0.2) is 61.4 Å². The molecule has 1 unspecified atom stereocenters. The van der Waals surface area contributed by atoms with Gasteiger partial charge in [0.25, 0.3) is 0 Å². The smallest absolute Gasteiger partial charge is 0.234 e. The number of methoxy groups -OCH3 is 1. The minimum atomic E-state index is 0.00454. The summed E-state index contributed by atoms with van der Waals surface area (Å²) in [5, 5.41) is 12.0. The molecule has 5 heteroatoms. The zero-order valence-corrected chi connectivity index (χ0v) is 10.1. The zero-order valence-electron chi connectivity index (χ0n) is 10.1. The molecule has 1 heterocycles. The highest BCUT2D eigenvalue weighted by Crippen LogP contribution is 2.15. The first-order valence-corrected chi connectivity index (χ1v) is 5.80. The second-order valence-electron chi connectivity index (χ2n) is 4.37. The lowest BCUT2D eigenvalue weighted by molar-refractivity contribution is -0.123. The van der Waals surface area contributed by atoms with Crippen molar-refractivity contribution in [3.63, 3.8) is 0 Å². The number of aliphatic hydroxyl groups excluding tert-OH is 1. The third-order valence-electron chi connectivity index (χ3n) is 2.88. The highest BCUT2D eigenvalue weighted by atomic mass is 16.5. The summed E-state index contributed by atoms with van der Waals surface area (Å²) in [6, 6.07) is 0.191. The van der Waals surface area contributed by atoms with Crippen LogP contribution in [-0.2, 0) is 9.53 Å². The maximum atomic E-state index is 11.7. The molecular weight excluding hydrogens is 208 g/mol. The summed E-state index contributed by atoms with van der Waals surface area (Å²) in [6.45, 7) is 3.85. The molecule has 2 atom stereocenters. The topological polar surface area (TPSA) is 61.8 Å². The predicted octanol–water partition coefficient (Wildman–Crippen LogP) is -0.406. The number of nitrogens with one attached hydrogen (secondary N) is 1. The van der Waals surface area contributed by atoms with Crippen molar-refractivity contribution in [2.45, 2.75) is 31.8 Å². The molecule has 2 N–H and O–H groups in total. The second kappa shape index (κ2) is 6.83. The van der Waals surface area contributed by atoms with Gasteiger partial charge in [-0.25, -0.2) is 0 Å². The number of hydrogen-bond donors (Lipinski definition) is 2. The summed E-state index contributed by atoms with van der Waals surface area (Å²) in [4.78, 5) is 13.7. The van der Waals surface area contributed by atoms with Crippen molar-refractivity contribution in [3.05, 3.63) is 0 Å². The Labute approximate surface area is 96.8 Å². The number of likely N-dealkylation sites (tertiary alicyclic amines) is 1. The SMILES string of the molecule is COCC(C)NC(=O)CN1CCC[C@H]1CO. The Morgan fingerprint density at radius 2 is 2.44 bits per heavy atom. The molecule has 0 bridgehead atoms. The van der Waals surface area contributed by atoms with Crippen LogP contribution in [0.15, 0.2) is 0 Å². The molecule has 5 nitrogen and oxygen atoms in total. The Bertz CT molecular complexity index is 223. The molecule has 1 rings (SSSR count). The number of carbonyl (C=O) groups is 1. The lowest BCUT2D eigenvalue weighted by Gasteiger charge is -2.23. The molecule has 94 valence electrons. The number of carbonyl (C=O) groups excluding carboxylic acids is 1. The van der Waals surface area contributed by atoms with Gasteiger partial charge < -0.3 is 15.2 Å². The first kappa shape index (κ1) is 13.4. The van der Waals surface area contributed by atoms with Gasteiger partial charge in [0.1, 0.15) is 0 Å². The van der Waals surface area contributed by atoms with Gasteiger partial charge in [0.15, 0.2) is 0 Å². The van der Waals surface area contributed by atoms with Crippen molar-refractivity contribution in [1.29, 1.82) is 0 Å². The van der Waals surface area contributed by atoms with Crippen molar-refractivity contribution >= 4 is 5.91 Å². The predicted molar refractivity (Wildman–Crippen MR) is 61.2 cm³/mol. The van der Waals surface area contributed by atoms with E-state index in [0.29, 0.717) is 13.2 Å². The van der Waals surface area contributed by atoms with E-state index in [-0.39, 0.29) is 24.6 Å². The number of amides is 1. The second-order valence-corrected chi connectivity index (χ2v) is 4.37. The molecule has 0 spiro atoms. The monoisotopic (exact) mass is 230 g/mol. The van der Waals surface area contributed by atoms with Gasteiger partial charge >= 0.3 is 0 Å². The average molecular weight is 230 g/mol. The fourth-order valence-corrected chi connectivity index (χ4v) is 2.11. The minimum absolute atomic E-state index is 0.00454. The summed E-state index contributed by atoms with van der Waals surface area (Å²) in [5.41, 5.74) is 0. The molecule has 0 aromatic rings. The van der Waals surface area contributed by atoms with E-state index >= 15 is 0 Å². The van der Waals surface area contributed by atoms with Gasteiger partial charge in [-0.3, -0.25) is 9.69 Å². The Morgan fingerprint density at radius 1 is 1.69 bits per heavy atom. The Morgan fingerprint density at radius 3 is 3.06 bits per heavy atom. The Hall–Kier alpha value is -0.650. The lowest BCUT2D eigenvalue weighted by Crippen LogP contribution is -2.44. The highest BCUT2D eigenvalue weighted by molar-refractivity contribution is 5.78. The summed E-state index contributed by atoms with van der Waals surface area (Å²) in [7, 11) is 1.62. The molecule has 0 radical (unpaired) electrons. The Balaban J connectivity index is 2.28. The van der Waals surface area contributed by atoms with E-state index < -0.39 is 0 Å². The van der Waals surface area contributed by atoms with Crippen LogP contribution in [0.5, 0.6) is 0 Å². The van der Waals surface area contributed by atoms with Crippen LogP contribution >= 0.6 is 0 Å².